The van der Waals surface area contributed by atoms with Crippen molar-refractivity contribution in [1.29, 1.82) is 0 Å². The Hall–Kier alpha value is -2.39. The first-order valence-electron chi connectivity index (χ1n) is 10.0. The van der Waals surface area contributed by atoms with Crippen molar-refractivity contribution in [2.24, 2.45) is 0 Å². The highest BCUT2D eigenvalue weighted by molar-refractivity contribution is 7.89. The van der Waals surface area contributed by atoms with E-state index < -0.39 is 15.6 Å². The Labute approximate surface area is 169 Å². The first kappa shape index (κ1) is 19.9. The number of carbonyl (C=O) groups is 1. The zero-order chi connectivity index (χ0) is 20.4. The molecular weight excluding hydrogens is 394 g/mol. The van der Waals surface area contributed by atoms with Crippen molar-refractivity contribution >= 4 is 27.0 Å². The Morgan fingerprint density at radius 1 is 0.966 bits per heavy atom. The minimum absolute atomic E-state index is 0.0713. The van der Waals surface area contributed by atoms with Gasteiger partial charge in [-0.15, -0.1) is 0 Å². The third kappa shape index (κ3) is 4.45. The fourth-order valence-corrected chi connectivity index (χ4v) is 5.32. The maximum Gasteiger partial charge on any atom is 0.336 e. The van der Waals surface area contributed by atoms with Crippen LogP contribution < -0.4 is 10.3 Å². The van der Waals surface area contributed by atoms with E-state index in [4.69, 9.17) is 4.42 Å². The van der Waals surface area contributed by atoms with Gasteiger partial charge in [-0.2, -0.15) is 0 Å². The predicted octanol–water partition coefficient (Wildman–Crippen LogP) is 2.14. The van der Waals surface area contributed by atoms with Gasteiger partial charge >= 0.3 is 11.7 Å². The molecule has 156 valence electrons. The smallest absolute Gasteiger partial charge is 0.336 e. The molecule has 1 aromatic carbocycles. The number of fused-ring (bicyclic) bond motifs is 1. The summed E-state index contributed by atoms with van der Waals surface area (Å²) in [6, 6.07) is 7.09. The van der Waals surface area contributed by atoms with Crippen LogP contribution in [0.1, 0.15) is 32.1 Å². The maximum atomic E-state index is 12.8. The van der Waals surface area contributed by atoms with E-state index in [-0.39, 0.29) is 17.0 Å². The molecule has 0 atom stereocenters. The van der Waals surface area contributed by atoms with Crippen molar-refractivity contribution in [3.63, 3.8) is 0 Å². The van der Waals surface area contributed by atoms with Gasteiger partial charge in [0.05, 0.1) is 4.90 Å². The lowest BCUT2D eigenvalue weighted by atomic mass is 10.1. The second-order valence-corrected chi connectivity index (χ2v) is 9.38. The van der Waals surface area contributed by atoms with Crippen LogP contribution in [0.5, 0.6) is 0 Å². The van der Waals surface area contributed by atoms with Gasteiger partial charge in [-0.1, -0.05) is 0 Å². The average Bonchev–Trinajstić information content (AvgIpc) is 2.73. The summed E-state index contributed by atoms with van der Waals surface area (Å²) in [5, 5.41) is 0.550. The van der Waals surface area contributed by atoms with E-state index in [0.717, 1.165) is 25.9 Å². The molecule has 2 fully saturated rings. The third-order valence-corrected chi connectivity index (χ3v) is 7.13. The molecule has 4 rings (SSSR count). The number of likely N-dealkylation sites (tertiary alicyclic amines) is 2. The van der Waals surface area contributed by atoms with Crippen molar-refractivity contribution in [3.05, 3.63) is 40.8 Å². The Morgan fingerprint density at radius 2 is 1.66 bits per heavy atom. The Balaban J connectivity index is 1.38. The number of nitrogens with zero attached hydrogens (tertiary/aromatic N) is 2. The number of carbonyl (C=O) groups excluding carboxylic acids is 1. The molecule has 2 aliphatic heterocycles. The molecule has 0 saturated carbocycles. The summed E-state index contributed by atoms with van der Waals surface area (Å²) in [6.07, 6.45) is 4.45. The molecule has 2 amide bonds. The number of hydrogen-bond acceptors (Lipinski definition) is 5. The predicted molar refractivity (Wildman–Crippen MR) is 108 cm³/mol. The number of benzene rings is 1. The molecule has 0 spiro atoms. The third-order valence-electron chi connectivity index (χ3n) is 5.61. The minimum Gasteiger partial charge on any atom is -0.423 e. The zero-order valence-electron chi connectivity index (χ0n) is 16.2. The van der Waals surface area contributed by atoms with E-state index in [1.807, 2.05) is 9.80 Å². The molecule has 2 aliphatic rings. The average molecular weight is 420 g/mol. The number of hydrogen-bond donors (Lipinski definition) is 1. The lowest BCUT2D eigenvalue weighted by molar-refractivity contribution is 0.131. The highest BCUT2D eigenvalue weighted by atomic mass is 32.2. The fraction of sp³-hybridized carbons (Fsp3) is 0.500. The lowest BCUT2D eigenvalue weighted by Crippen LogP contribution is -2.51. The van der Waals surface area contributed by atoms with Crippen molar-refractivity contribution in [1.82, 2.24) is 14.5 Å². The molecule has 8 nitrogen and oxygen atoms in total. The summed E-state index contributed by atoms with van der Waals surface area (Å²) in [5.74, 6) is 0. The van der Waals surface area contributed by atoms with Gasteiger partial charge in [0, 0.05) is 43.7 Å². The molecule has 0 radical (unpaired) electrons. The van der Waals surface area contributed by atoms with Crippen molar-refractivity contribution < 1.29 is 17.6 Å². The van der Waals surface area contributed by atoms with E-state index in [0.29, 0.717) is 36.9 Å². The molecule has 2 saturated heterocycles. The molecule has 29 heavy (non-hydrogen) atoms. The molecule has 3 heterocycles. The Morgan fingerprint density at radius 3 is 2.38 bits per heavy atom. The summed E-state index contributed by atoms with van der Waals surface area (Å²) in [6.45, 7) is 2.72. The molecule has 2 aromatic rings. The zero-order valence-corrected chi connectivity index (χ0v) is 17.0. The molecule has 1 aromatic heterocycles. The van der Waals surface area contributed by atoms with E-state index >= 15 is 0 Å². The topological polar surface area (TPSA) is 99.9 Å². The lowest BCUT2D eigenvalue weighted by Gasteiger charge is -2.37. The molecular formula is C20H25N3O5S. The van der Waals surface area contributed by atoms with Gasteiger partial charge in [-0.25, -0.2) is 22.7 Å². The molecule has 0 aliphatic carbocycles. The first-order chi connectivity index (χ1) is 13.9. The summed E-state index contributed by atoms with van der Waals surface area (Å²) in [7, 11) is -3.70. The number of rotatable bonds is 3. The summed E-state index contributed by atoms with van der Waals surface area (Å²) in [4.78, 5) is 27.7. The van der Waals surface area contributed by atoms with Gasteiger partial charge in [0.15, 0.2) is 0 Å². The Bertz CT molecular complexity index is 1050. The van der Waals surface area contributed by atoms with E-state index in [9.17, 15) is 18.0 Å². The number of amides is 2. The first-order valence-corrected chi connectivity index (χ1v) is 11.5. The Kier molecular flexibility index (Phi) is 5.60. The standard InChI is InChI=1S/C20H25N3O5S/c24-19-7-4-15-14-17(5-6-18(15)28-19)29(26,27)21-16-8-12-23(13-9-16)20(25)22-10-2-1-3-11-22/h4-7,14,16,21H,1-3,8-13H2. The van der Waals surface area contributed by atoms with E-state index in [2.05, 4.69) is 4.72 Å². The summed E-state index contributed by atoms with van der Waals surface area (Å²) >= 11 is 0. The highest BCUT2D eigenvalue weighted by Gasteiger charge is 2.29. The molecule has 1 N–H and O–H groups in total. The van der Waals surface area contributed by atoms with Crippen LogP contribution in [0.3, 0.4) is 0 Å². The van der Waals surface area contributed by atoms with Crippen LogP contribution in [0.4, 0.5) is 4.79 Å². The van der Waals surface area contributed by atoms with Crippen LogP contribution in [-0.2, 0) is 10.0 Å². The number of piperidine rings is 2. The van der Waals surface area contributed by atoms with Gasteiger partial charge in [0.2, 0.25) is 10.0 Å². The second-order valence-electron chi connectivity index (χ2n) is 7.67. The molecule has 9 heteroatoms. The van der Waals surface area contributed by atoms with Crippen LogP contribution >= 0.6 is 0 Å². The van der Waals surface area contributed by atoms with Crippen LogP contribution in [-0.4, -0.2) is 56.5 Å². The number of sulfonamides is 1. The van der Waals surface area contributed by atoms with E-state index in [1.54, 1.807) is 6.07 Å². The van der Waals surface area contributed by atoms with Gasteiger partial charge in [-0.05, 0) is 56.4 Å². The van der Waals surface area contributed by atoms with E-state index in [1.165, 1.54) is 30.7 Å². The highest BCUT2D eigenvalue weighted by Crippen LogP contribution is 2.21. The van der Waals surface area contributed by atoms with Crippen LogP contribution in [0.15, 0.2) is 44.4 Å². The van der Waals surface area contributed by atoms with Crippen molar-refractivity contribution in [2.45, 2.75) is 43.0 Å². The summed E-state index contributed by atoms with van der Waals surface area (Å²) in [5.41, 5.74) is -0.127. The van der Waals surface area contributed by atoms with Gasteiger partial charge < -0.3 is 14.2 Å². The fourth-order valence-electron chi connectivity index (χ4n) is 3.98. The van der Waals surface area contributed by atoms with Crippen molar-refractivity contribution in [2.75, 3.05) is 26.2 Å². The number of nitrogens with one attached hydrogen (secondary N) is 1. The largest absolute Gasteiger partial charge is 0.423 e. The second kappa shape index (κ2) is 8.16. The van der Waals surface area contributed by atoms with Crippen LogP contribution in [0, 0.1) is 0 Å². The normalized spacial score (nSPS) is 18.9. The summed E-state index contributed by atoms with van der Waals surface area (Å²) < 4.78 is 33.4. The quantitative estimate of drug-likeness (QED) is 0.769. The minimum atomic E-state index is -3.70. The molecule has 0 unspecified atom stereocenters. The van der Waals surface area contributed by atoms with Gasteiger partial charge in [-0.3, -0.25) is 0 Å². The maximum absolute atomic E-state index is 12.8. The molecule has 0 bridgehead atoms. The van der Waals surface area contributed by atoms with Crippen LogP contribution in [0.2, 0.25) is 0 Å². The monoisotopic (exact) mass is 419 g/mol. The SMILES string of the molecule is O=C(N1CCCCC1)N1CCC(NS(=O)(=O)c2ccc3oc(=O)ccc3c2)CC1. The van der Waals surface area contributed by atoms with Gasteiger partial charge in [0.1, 0.15) is 5.58 Å². The number of urea groups is 1. The van der Waals surface area contributed by atoms with Crippen LogP contribution in [0.25, 0.3) is 11.0 Å². The van der Waals surface area contributed by atoms with Gasteiger partial charge in [0.25, 0.3) is 0 Å². The van der Waals surface area contributed by atoms with Crippen molar-refractivity contribution in [3.8, 4) is 0 Å².